The normalized spacial score (nSPS) is 18.2. The molecule has 0 aromatic carbocycles. The quantitative estimate of drug-likeness (QED) is 0.391. The first kappa shape index (κ1) is 12.1. The molecule has 4 N–H and O–H groups in total. The van der Waals surface area contributed by atoms with Crippen LogP contribution in [0.15, 0.2) is 24.5 Å². The SMILES string of the molecule is O=C1NC(=O)C(Cc2ccncc2)(NO)C(=O)N1. The van der Waals surface area contributed by atoms with Crippen molar-refractivity contribution in [3.63, 3.8) is 0 Å². The van der Waals surface area contributed by atoms with E-state index in [2.05, 4.69) is 4.98 Å². The number of hydrogen-bond donors (Lipinski definition) is 4. The van der Waals surface area contributed by atoms with Crippen molar-refractivity contribution < 1.29 is 19.6 Å². The van der Waals surface area contributed by atoms with Gasteiger partial charge in [-0.2, -0.15) is 5.48 Å². The van der Waals surface area contributed by atoms with Gasteiger partial charge in [-0.05, 0) is 17.7 Å². The Morgan fingerprint density at radius 2 is 1.72 bits per heavy atom. The Bertz CT molecular complexity index is 482. The number of urea groups is 1. The highest BCUT2D eigenvalue weighted by Crippen LogP contribution is 2.16. The fourth-order valence-corrected chi connectivity index (χ4v) is 1.66. The summed E-state index contributed by atoms with van der Waals surface area (Å²) >= 11 is 0. The van der Waals surface area contributed by atoms with E-state index in [-0.39, 0.29) is 6.42 Å². The lowest BCUT2D eigenvalue weighted by Crippen LogP contribution is -2.72. The van der Waals surface area contributed by atoms with Crippen LogP contribution in [0, 0.1) is 0 Å². The molecule has 1 fully saturated rings. The second-order valence-corrected chi connectivity index (χ2v) is 3.79. The Morgan fingerprint density at radius 3 is 2.22 bits per heavy atom. The third-order valence-electron chi connectivity index (χ3n) is 2.64. The molecule has 1 saturated heterocycles. The van der Waals surface area contributed by atoms with E-state index in [0.29, 0.717) is 5.56 Å². The number of hydroxylamine groups is 1. The highest BCUT2D eigenvalue weighted by molar-refractivity contribution is 6.22. The molecule has 0 radical (unpaired) electrons. The third-order valence-corrected chi connectivity index (χ3v) is 2.64. The van der Waals surface area contributed by atoms with Crippen molar-refractivity contribution in [3.05, 3.63) is 30.1 Å². The van der Waals surface area contributed by atoms with E-state index in [4.69, 9.17) is 5.21 Å². The Balaban J connectivity index is 2.33. The van der Waals surface area contributed by atoms with Crippen molar-refractivity contribution in [2.45, 2.75) is 12.0 Å². The van der Waals surface area contributed by atoms with Crippen LogP contribution in [-0.4, -0.2) is 33.6 Å². The minimum atomic E-state index is -1.92. The molecule has 1 aliphatic heterocycles. The van der Waals surface area contributed by atoms with Crippen molar-refractivity contribution in [1.82, 2.24) is 21.1 Å². The Labute approximate surface area is 101 Å². The van der Waals surface area contributed by atoms with Crippen molar-refractivity contribution in [3.8, 4) is 0 Å². The van der Waals surface area contributed by atoms with Gasteiger partial charge in [0.25, 0.3) is 11.8 Å². The standard InChI is InChI=1S/C10H10N4O4/c15-7-10(14-18,8(16)13-9(17)12-7)5-6-1-3-11-4-2-6/h1-4,14,18H,5H2,(H2,12,13,15,16,17). The van der Waals surface area contributed by atoms with Gasteiger partial charge in [-0.15, -0.1) is 0 Å². The van der Waals surface area contributed by atoms with Gasteiger partial charge in [-0.1, -0.05) is 0 Å². The lowest BCUT2D eigenvalue weighted by Gasteiger charge is -2.32. The monoisotopic (exact) mass is 250 g/mol. The summed E-state index contributed by atoms with van der Waals surface area (Å²) in [4.78, 5) is 38.2. The number of hydrogen-bond acceptors (Lipinski definition) is 6. The van der Waals surface area contributed by atoms with Crippen molar-refractivity contribution in [2.24, 2.45) is 0 Å². The molecular formula is C10H10N4O4. The zero-order chi connectivity index (χ0) is 13.2. The summed E-state index contributed by atoms with van der Waals surface area (Å²) in [5.74, 6) is -1.81. The number of barbiturate groups is 1. The Hall–Kier alpha value is -2.32. The molecule has 0 saturated carbocycles. The van der Waals surface area contributed by atoms with Gasteiger partial charge in [-0.25, -0.2) is 4.79 Å². The molecule has 0 spiro atoms. The van der Waals surface area contributed by atoms with Gasteiger partial charge in [0, 0.05) is 18.8 Å². The Morgan fingerprint density at radius 1 is 1.17 bits per heavy atom. The minimum absolute atomic E-state index is 0.114. The summed E-state index contributed by atoms with van der Waals surface area (Å²) in [6.45, 7) is 0. The van der Waals surface area contributed by atoms with Gasteiger partial charge >= 0.3 is 6.03 Å². The van der Waals surface area contributed by atoms with Gasteiger partial charge in [0.15, 0.2) is 0 Å². The number of amides is 4. The lowest BCUT2D eigenvalue weighted by atomic mass is 9.89. The predicted molar refractivity (Wildman–Crippen MR) is 57.3 cm³/mol. The molecule has 8 heteroatoms. The van der Waals surface area contributed by atoms with Crippen LogP contribution < -0.4 is 16.1 Å². The molecule has 2 heterocycles. The predicted octanol–water partition coefficient (Wildman–Crippen LogP) is -1.29. The zero-order valence-corrected chi connectivity index (χ0v) is 9.14. The molecule has 1 aliphatic rings. The number of rotatable bonds is 3. The number of pyridine rings is 1. The molecule has 4 amide bonds. The van der Waals surface area contributed by atoms with E-state index >= 15 is 0 Å². The summed E-state index contributed by atoms with van der Waals surface area (Å²) < 4.78 is 0. The average molecular weight is 250 g/mol. The number of carbonyl (C=O) groups is 3. The second-order valence-electron chi connectivity index (χ2n) is 3.79. The van der Waals surface area contributed by atoms with Gasteiger partial charge < -0.3 is 5.21 Å². The van der Waals surface area contributed by atoms with Crippen LogP contribution in [0.5, 0.6) is 0 Å². The van der Waals surface area contributed by atoms with Crippen LogP contribution in [0.3, 0.4) is 0 Å². The van der Waals surface area contributed by atoms with E-state index in [1.807, 2.05) is 10.6 Å². The topological polar surface area (TPSA) is 120 Å². The third kappa shape index (κ3) is 1.94. The fourth-order valence-electron chi connectivity index (χ4n) is 1.66. The molecule has 0 atom stereocenters. The summed E-state index contributed by atoms with van der Waals surface area (Å²) in [5, 5.41) is 13.0. The molecule has 1 aromatic heterocycles. The molecule has 2 rings (SSSR count). The maximum absolute atomic E-state index is 11.7. The number of imide groups is 2. The number of carbonyl (C=O) groups excluding carboxylic acids is 3. The first-order valence-electron chi connectivity index (χ1n) is 5.05. The summed E-state index contributed by atoms with van der Waals surface area (Å²) in [6, 6.07) is 2.28. The summed E-state index contributed by atoms with van der Waals surface area (Å²) in [7, 11) is 0. The number of nitrogens with one attached hydrogen (secondary N) is 3. The highest BCUT2D eigenvalue weighted by Gasteiger charge is 2.50. The van der Waals surface area contributed by atoms with Crippen LogP contribution in [-0.2, 0) is 16.0 Å². The first-order chi connectivity index (χ1) is 8.58. The molecule has 1 aromatic rings. The molecular weight excluding hydrogens is 240 g/mol. The molecule has 18 heavy (non-hydrogen) atoms. The number of aromatic nitrogens is 1. The molecule has 94 valence electrons. The van der Waals surface area contributed by atoms with E-state index < -0.39 is 23.4 Å². The number of nitrogens with zero attached hydrogens (tertiary/aromatic N) is 1. The first-order valence-corrected chi connectivity index (χ1v) is 5.05. The van der Waals surface area contributed by atoms with Crippen molar-refractivity contribution in [1.29, 1.82) is 0 Å². The van der Waals surface area contributed by atoms with E-state index in [9.17, 15) is 14.4 Å². The van der Waals surface area contributed by atoms with Crippen LogP contribution in [0.25, 0.3) is 0 Å². The molecule has 0 unspecified atom stereocenters. The van der Waals surface area contributed by atoms with Crippen LogP contribution in [0.4, 0.5) is 4.79 Å². The lowest BCUT2D eigenvalue weighted by molar-refractivity contribution is -0.145. The van der Waals surface area contributed by atoms with Gasteiger partial charge in [0.1, 0.15) is 0 Å². The molecule has 0 aliphatic carbocycles. The van der Waals surface area contributed by atoms with E-state index in [1.54, 1.807) is 17.6 Å². The van der Waals surface area contributed by atoms with Crippen molar-refractivity contribution in [2.75, 3.05) is 0 Å². The fraction of sp³-hybridized carbons (Fsp3) is 0.200. The summed E-state index contributed by atoms with van der Waals surface area (Å²) in [5.41, 5.74) is 0.371. The van der Waals surface area contributed by atoms with Gasteiger partial charge in [-0.3, -0.25) is 25.2 Å². The zero-order valence-electron chi connectivity index (χ0n) is 9.14. The van der Waals surface area contributed by atoms with Gasteiger partial charge in [0.2, 0.25) is 5.54 Å². The molecule has 8 nitrogen and oxygen atoms in total. The maximum atomic E-state index is 11.7. The maximum Gasteiger partial charge on any atom is 0.328 e. The minimum Gasteiger partial charge on any atom is -0.315 e. The molecule has 0 bridgehead atoms. The second kappa shape index (κ2) is 4.51. The van der Waals surface area contributed by atoms with E-state index in [0.717, 1.165) is 0 Å². The van der Waals surface area contributed by atoms with Crippen LogP contribution in [0.1, 0.15) is 5.56 Å². The van der Waals surface area contributed by atoms with Crippen LogP contribution in [0.2, 0.25) is 0 Å². The van der Waals surface area contributed by atoms with E-state index in [1.165, 1.54) is 12.4 Å². The summed E-state index contributed by atoms with van der Waals surface area (Å²) in [6.07, 6.45) is 2.87. The van der Waals surface area contributed by atoms with Crippen molar-refractivity contribution >= 4 is 17.8 Å². The highest BCUT2D eigenvalue weighted by atomic mass is 16.5. The van der Waals surface area contributed by atoms with Crippen LogP contribution >= 0.6 is 0 Å². The Kier molecular flexibility index (Phi) is 3.04. The largest absolute Gasteiger partial charge is 0.328 e. The smallest absolute Gasteiger partial charge is 0.315 e. The average Bonchev–Trinajstić information content (AvgIpc) is 2.35. The van der Waals surface area contributed by atoms with Gasteiger partial charge in [0.05, 0.1) is 0 Å².